The highest BCUT2D eigenvalue weighted by molar-refractivity contribution is 4.66. The minimum absolute atomic E-state index is 0.495. The third-order valence-electron chi connectivity index (χ3n) is 2.34. The number of nitrogens with one attached hydrogen (secondary N) is 1. The quantitative estimate of drug-likeness (QED) is 0.568. The predicted molar refractivity (Wildman–Crippen MR) is 64.2 cm³/mol. The minimum atomic E-state index is 0.495. The number of hydrogen-bond donors (Lipinski definition) is 1. The molecule has 0 saturated heterocycles. The minimum Gasteiger partial charge on any atom is -0.382 e. The zero-order chi connectivity index (χ0) is 11.5. The van der Waals surface area contributed by atoms with Gasteiger partial charge in [-0.3, -0.25) is 0 Å². The van der Waals surface area contributed by atoms with Crippen LogP contribution in [0.4, 0.5) is 0 Å². The molecule has 1 atom stereocenters. The van der Waals surface area contributed by atoms with E-state index in [0.29, 0.717) is 19.3 Å². The van der Waals surface area contributed by atoms with Crippen LogP contribution in [-0.2, 0) is 9.47 Å². The van der Waals surface area contributed by atoms with Crippen LogP contribution in [0.1, 0.15) is 33.6 Å². The van der Waals surface area contributed by atoms with Crippen molar-refractivity contribution < 1.29 is 9.47 Å². The fraction of sp³-hybridized carbons (Fsp3) is 1.00. The molecule has 0 amide bonds. The molecule has 3 heteroatoms. The Hall–Kier alpha value is -0.120. The first-order valence-corrected chi connectivity index (χ1v) is 6.00. The molecule has 0 saturated carbocycles. The summed E-state index contributed by atoms with van der Waals surface area (Å²) in [5, 5.41) is 3.45. The molecule has 0 spiro atoms. The van der Waals surface area contributed by atoms with Gasteiger partial charge in [-0.2, -0.15) is 0 Å². The summed E-state index contributed by atoms with van der Waals surface area (Å²) in [4.78, 5) is 0. The van der Waals surface area contributed by atoms with Crippen molar-refractivity contribution in [3.8, 4) is 0 Å². The molecule has 0 radical (unpaired) electrons. The van der Waals surface area contributed by atoms with Gasteiger partial charge in [0.15, 0.2) is 0 Å². The Morgan fingerprint density at radius 3 is 2.40 bits per heavy atom. The Morgan fingerprint density at radius 2 is 1.87 bits per heavy atom. The Kier molecular flexibility index (Phi) is 10.3. The molecule has 0 aliphatic heterocycles. The van der Waals surface area contributed by atoms with E-state index in [1.165, 1.54) is 12.8 Å². The molecule has 0 aromatic rings. The zero-order valence-corrected chi connectivity index (χ0v) is 10.7. The molecular weight excluding hydrogens is 190 g/mol. The largest absolute Gasteiger partial charge is 0.382 e. The van der Waals surface area contributed by atoms with Crippen molar-refractivity contribution >= 4 is 0 Å². The van der Waals surface area contributed by atoms with E-state index in [9.17, 15) is 0 Å². The maximum absolute atomic E-state index is 5.53. The maximum Gasteiger partial charge on any atom is 0.0701 e. The number of likely N-dealkylation sites (N-methyl/N-ethyl adjacent to an activating group) is 1. The van der Waals surface area contributed by atoms with Crippen LogP contribution in [0.25, 0.3) is 0 Å². The van der Waals surface area contributed by atoms with Gasteiger partial charge in [0.2, 0.25) is 0 Å². The van der Waals surface area contributed by atoms with Gasteiger partial charge in [-0.1, -0.05) is 20.8 Å². The smallest absolute Gasteiger partial charge is 0.0701 e. The second-order valence-corrected chi connectivity index (χ2v) is 4.29. The van der Waals surface area contributed by atoms with Crippen molar-refractivity contribution in [1.29, 1.82) is 0 Å². The van der Waals surface area contributed by atoms with Gasteiger partial charge in [-0.25, -0.2) is 0 Å². The second kappa shape index (κ2) is 10.4. The normalized spacial score (nSPS) is 13.4. The lowest BCUT2D eigenvalue weighted by molar-refractivity contribution is 0.0569. The summed E-state index contributed by atoms with van der Waals surface area (Å²) in [6, 6.07) is 0.495. The van der Waals surface area contributed by atoms with E-state index in [-0.39, 0.29) is 0 Å². The number of hydrogen-bond acceptors (Lipinski definition) is 3. The fourth-order valence-electron chi connectivity index (χ4n) is 1.44. The van der Waals surface area contributed by atoms with Crippen LogP contribution in [0.3, 0.4) is 0 Å². The molecule has 0 aromatic carbocycles. The molecule has 0 aliphatic rings. The van der Waals surface area contributed by atoms with Crippen LogP contribution in [-0.4, -0.2) is 39.5 Å². The van der Waals surface area contributed by atoms with E-state index in [0.717, 1.165) is 19.1 Å². The zero-order valence-electron chi connectivity index (χ0n) is 10.7. The molecule has 1 N–H and O–H groups in total. The monoisotopic (exact) mass is 217 g/mol. The van der Waals surface area contributed by atoms with E-state index in [4.69, 9.17) is 9.47 Å². The SMILES string of the molecule is CCNC(CCC(C)C)COCCOC. The lowest BCUT2D eigenvalue weighted by Crippen LogP contribution is -2.34. The van der Waals surface area contributed by atoms with Gasteiger partial charge < -0.3 is 14.8 Å². The first kappa shape index (κ1) is 14.9. The predicted octanol–water partition coefficient (Wildman–Crippen LogP) is 2.06. The molecular formula is C12H27NO2. The molecule has 0 heterocycles. The Bertz CT molecular complexity index is 129. The lowest BCUT2D eigenvalue weighted by atomic mass is 10.0. The highest BCUT2D eigenvalue weighted by Crippen LogP contribution is 2.07. The fourth-order valence-corrected chi connectivity index (χ4v) is 1.44. The van der Waals surface area contributed by atoms with Gasteiger partial charge in [0, 0.05) is 13.2 Å². The Balaban J connectivity index is 3.53. The van der Waals surface area contributed by atoms with Crippen molar-refractivity contribution in [2.45, 2.75) is 39.7 Å². The standard InChI is InChI=1S/C12H27NO2/c1-5-13-12(7-6-11(2)3)10-15-9-8-14-4/h11-13H,5-10H2,1-4H3. The van der Waals surface area contributed by atoms with Gasteiger partial charge in [0.25, 0.3) is 0 Å². The first-order valence-electron chi connectivity index (χ1n) is 6.00. The third-order valence-corrected chi connectivity index (χ3v) is 2.34. The number of methoxy groups -OCH3 is 1. The molecule has 0 aliphatic carbocycles. The van der Waals surface area contributed by atoms with Crippen LogP contribution < -0.4 is 5.32 Å². The summed E-state index contributed by atoms with van der Waals surface area (Å²) in [6.45, 7) is 9.84. The van der Waals surface area contributed by atoms with Gasteiger partial charge in [-0.05, 0) is 25.3 Å². The maximum atomic E-state index is 5.53. The van der Waals surface area contributed by atoms with Crippen molar-refractivity contribution in [1.82, 2.24) is 5.32 Å². The van der Waals surface area contributed by atoms with E-state index >= 15 is 0 Å². The molecule has 92 valence electrons. The van der Waals surface area contributed by atoms with Crippen LogP contribution in [0.5, 0.6) is 0 Å². The van der Waals surface area contributed by atoms with E-state index < -0.39 is 0 Å². The van der Waals surface area contributed by atoms with Crippen LogP contribution in [0.2, 0.25) is 0 Å². The summed E-state index contributed by atoms with van der Waals surface area (Å²) >= 11 is 0. The molecule has 0 rings (SSSR count). The van der Waals surface area contributed by atoms with Gasteiger partial charge in [0.1, 0.15) is 0 Å². The Labute approximate surface area is 94.5 Å². The molecule has 15 heavy (non-hydrogen) atoms. The first-order chi connectivity index (χ1) is 7.20. The highest BCUT2D eigenvalue weighted by atomic mass is 16.5. The van der Waals surface area contributed by atoms with Crippen molar-refractivity contribution in [3.05, 3.63) is 0 Å². The van der Waals surface area contributed by atoms with Crippen molar-refractivity contribution in [3.63, 3.8) is 0 Å². The Morgan fingerprint density at radius 1 is 1.13 bits per heavy atom. The van der Waals surface area contributed by atoms with Crippen LogP contribution >= 0.6 is 0 Å². The average molecular weight is 217 g/mol. The summed E-state index contributed by atoms with van der Waals surface area (Å²) in [5.41, 5.74) is 0. The molecule has 0 aromatic heterocycles. The molecule has 0 bridgehead atoms. The molecule has 0 fully saturated rings. The summed E-state index contributed by atoms with van der Waals surface area (Å²) in [6.07, 6.45) is 2.45. The third kappa shape index (κ3) is 10.2. The van der Waals surface area contributed by atoms with Gasteiger partial charge in [-0.15, -0.1) is 0 Å². The van der Waals surface area contributed by atoms with Crippen LogP contribution in [0, 0.1) is 5.92 Å². The second-order valence-electron chi connectivity index (χ2n) is 4.29. The lowest BCUT2D eigenvalue weighted by Gasteiger charge is -2.18. The average Bonchev–Trinajstić information content (AvgIpc) is 2.20. The molecule has 3 nitrogen and oxygen atoms in total. The van der Waals surface area contributed by atoms with Gasteiger partial charge in [0.05, 0.1) is 19.8 Å². The number of rotatable bonds is 10. The summed E-state index contributed by atoms with van der Waals surface area (Å²) in [7, 11) is 1.70. The van der Waals surface area contributed by atoms with Crippen molar-refractivity contribution in [2.24, 2.45) is 5.92 Å². The van der Waals surface area contributed by atoms with Crippen LogP contribution in [0.15, 0.2) is 0 Å². The highest BCUT2D eigenvalue weighted by Gasteiger charge is 2.08. The van der Waals surface area contributed by atoms with Gasteiger partial charge >= 0.3 is 0 Å². The summed E-state index contributed by atoms with van der Waals surface area (Å²) < 4.78 is 10.5. The molecule has 1 unspecified atom stereocenters. The number of ether oxygens (including phenoxy) is 2. The van der Waals surface area contributed by atoms with Crippen molar-refractivity contribution in [2.75, 3.05) is 33.5 Å². The van der Waals surface area contributed by atoms with E-state index in [1.54, 1.807) is 7.11 Å². The van der Waals surface area contributed by atoms with E-state index in [1.807, 2.05) is 0 Å². The topological polar surface area (TPSA) is 30.5 Å². The van der Waals surface area contributed by atoms with E-state index in [2.05, 4.69) is 26.1 Å². The summed E-state index contributed by atoms with van der Waals surface area (Å²) in [5.74, 6) is 0.769.